The molecule has 0 atom stereocenters. The Bertz CT molecular complexity index is 456. The van der Waals surface area contributed by atoms with Crippen LogP contribution in [0.2, 0.25) is 0 Å². The highest BCUT2D eigenvalue weighted by Crippen LogP contribution is 2.26. The van der Waals surface area contributed by atoms with Crippen LogP contribution in [0.4, 0.5) is 5.95 Å². The Morgan fingerprint density at radius 2 is 1.90 bits per heavy atom. The Kier molecular flexibility index (Phi) is 5.39. The van der Waals surface area contributed by atoms with Crippen molar-refractivity contribution in [2.24, 2.45) is 0 Å². The number of ether oxygens (including phenoxy) is 1. The molecule has 1 aromatic rings. The SMILES string of the molecule is CNC1CCC(N(C)c2nc(C)cc(OC(C)C)n2)CC1. The number of aryl methyl sites for hydroxylation is 1. The Morgan fingerprint density at radius 1 is 1.24 bits per heavy atom. The van der Waals surface area contributed by atoms with Crippen molar-refractivity contribution >= 4 is 5.95 Å². The predicted octanol–water partition coefficient (Wildman–Crippen LogP) is 2.54. The van der Waals surface area contributed by atoms with Gasteiger partial charge in [0.1, 0.15) is 0 Å². The highest BCUT2D eigenvalue weighted by atomic mass is 16.5. The molecule has 1 heterocycles. The largest absolute Gasteiger partial charge is 0.475 e. The summed E-state index contributed by atoms with van der Waals surface area (Å²) >= 11 is 0. The molecule has 5 nitrogen and oxygen atoms in total. The zero-order valence-electron chi connectivity index (χ0n) is 13.9. The third kappa shape index (κ3) is 4.30. The minimum Gasteiger partial charge on any atom is -0.475 e. The van der Waals surface area contributed by atoms with Gasteiger partial charge in [-0.1, -0.05) is 0 Å². The van der Waals surface area contributed by atoms with Gasteiger partial charge in [0.05, 0.1) is 6.10 Å². The van der Waals surface area contributed by atoms with Crippen molar-refractivity contribution < 1.29 is 4.74 Å². The van der Waals surface area contributed by atoms with E-state index in [9.17, 15) is 0 Å². The normalized spacial score (nSPS) is 22.4. The van der Waals surface area contributed by atoms with Gasteiger partial charge in [-0.2, -0.15) is 4.98 Å². The summed E-state index contributed by atoms with van der Waals surface area (Å²) in [7, 11) is 4.15. The molecule has 0 aromatic carbocycles. The van der Waals surface area contributed by atoms with Crippen LogP contribution in [-0.4, -0.2) is 42.3 Å². The van der Waals surface area contributed by atoms with Crippen molar-refractivity contribution in [1.29, 1.82) is 0 Å². The minimum absolute atomic E-state index is 0.128. The topological polar surface area (TPSA) is 50.3 Å². The van der Waals surface area contributed by atoms with Gasteiger partial charge in [-0.25, -0.2) is 4.98 Å². The van der Waals surface area contributed by atoms with Crippen LogP contribution in [0.15, 0.2) is 6.07 Å². The second-order valence-corrected chi connectivity index (χ2v) is 6.22. The number of rotatable bonds is 5. The van der Waals surface area contributed by atoms with Crippen LogP contribution in [0.1, 0.15) is 45.2 Å². The summed E-state index contributed by atoms with van der Waals surface area (Å²) in [6.07, 6.45) is 4.92. The first kappa shape index (κ1) is 16.0. The molecule has 118 valence electrons. The van der Waals surface area contributed by atoms with Crippen LogP contribution < -0.4 is 15.0 Å². The molecule has 1 aromatic heterocycles. The van der Waals surface area contributed by atoms with Gasteiger partial charge >= 0.3 is 0 Å². The van der Waals surface area contributed by atoms with E-state index < -0.39 is 0 Å². The molecule has 1 N–H and O–H groups in total. The summed E-state index contributed by atoms with van der Waals surface area (Å²) < 4.78 is 5.72. The fraction of sp³-hybridized carbons (Fsp3) is 0.750. The van der Waals surface area contributed by atoms with Gasteiger partial charge in [0.25, 0.3) is 0 Å². The van der Waals surface area contributed by atoms with E-state index in [-0.39, 0.29) is 6.10 Å². The highest BCUT2D eigenvalue weighted by Gasteiger charge is 2.25. The fourth-order valence-corrected chi connectivity index (χ4v) is 2.90. The maximum atomic E-state index is 5.72. The van der Waals surface area contributed by atoms with Crippen LogP contribution in [0, 0.1) is 6.92 Å². The van der Waals surface area contributed by atoms with Crippen molar-refractivity contribution in [3.8, 4) is 5.88 Å². The molecule has 1 aliphatic carbocycles. The van der Waals surface area contributed by atoms with E-state index >= 15 is 0 Å². The van der Waals surface area contributed by atoms with E-state index in [4.69, 9.17) is 4.74 Å². The lowest BCUT2D eigenvalue weighted by molar-refractivity contribution is 0.232. The second-order valence-electron chi connectivity index (χ2n) is 6.22. The predicted molar refractivity (Wildman–Crippen MR) is 86.0 cm³/mol. The maximum Gasteiger partial charge on any atom is 0.228 e. The third-order valence-electron chi connectivity index (χ3n) is 4.14. The molecule has 0 unspecified atom stereocenters. The zero-order valence-corrected chi connectivity index (χ0v) is 13.9. The van der Waals surface area contributed by atoms with Gasteiger partial charge in [0, 0.05) is 30.9 Å². The number of hydrogen-bond acceptors (Lipinski definition) is 5. The number of nitrogens with one attached hydrogen (secondary N) is 1. The number of anilines is 1. The van der Waals surface area contributed by atoms with E-state index in [0.29, 0.717) is 18.0 Å². The highest BCUT2D eigenvalue weighted by molar-refractivity contribution is 5.35. The first-order valence-electron chi connectivity index (χ1n) is 7.92. The van der Waals surface area contributed by atoms with Gasteiger partial charge in [-0.15, -0.1) is 0 Å². The molecule has 1 saturated carbocycles. The Balaban J connectivity index is 2.08. The number of hydrogen-bond donors (Lipinski definition) is 1. The number of nitrogens with zero attached hydrogens (tertiary/aromatic N) is 3. The van der Waals surface area contributed by atoms with Gasteiger partial charge in [0.2, 0.25) is 11.8 Å². The Morgan fingerprint density at radius 3 is 2.48 bits per heavy atom. The molecule has 1 fully saturated rings. The van der Waals surface area contributed by atoms with Gasteiger partial charge in [-0.3, -0.25) is 0 Å². The Labute approximate surface area is 128 Å². The first-order chi connectivity index (χ1) is 9.99. The lowest BCUT2D eigenvalue weighted by Crippen LogP contribution is -2.40. The van der Waals surface area contributed by atoms with Crippen LogP contribution in [0.3, 0.4) is 0 Å². The van der Waals surface area contributed by atoms with Crippen molar-refractivity contribution in [2.45, 2.75) is 64.6 Å². The molecule has 0 aliphatic heterocycles. The van der Waals surface area contributed by atoms with Gasteiger partial charge in [0.15, 0.2) is 0 Å². The molecule has 1 aliphatic rings. The van der Waals surface area contributed by atoms with Crippen molar-refractivity contribution in [1.82, 2.24) is 15.3 Å². The Hall–Kier alpha value is -1.36. The van der Waals surface area contributed by atoms with Crippen LogP contribution >= 0.6 is 0 Å². The van der Waals surface area contributed by atoms with Crippen LogP contribution in [0.5, 0.6) is 5.88 Å². The first-order valence-corrected chi connectivity index (χ1v) is 7.92. The van der Waals surface area contributed by atoms with E-state index in [1.807, 2.05) is 33.9 Å². The summed E-state index contributed by atoms with van der Waals surface area (Å²) in [5.74, 6) is 1.45. The van der Waals surface area contributed by atoms with E-state index in [0.717, 1.165) is 11.6 Å². The quantitative estimate of drug-likeness (QED) is 0.904. The summed E-state index contributed by atoms with van der Waals surface area (Å²) in [6, 6.07) is 3.08. The summed E-state index contributed by atoms with van der Waals surface area (Å²) in [5.41, 5.74) is 0.950. The second kappa shape index (κ2) is 7.07. The average Bonchev–Trinajstić information content (AvgIpc) is 2.45. The standard InChI is InChI=1S/C16H28N4O/c1-11(2)21-15-10-12(3)18-16(19-15)20(5)14-8-6-13(17-4)7-9-14/h10-11,13-14,17H,6-9H2,1-5H3. The van der Waals surface area contributed by atoms with Gasteiger partial charge in [-0.05, 0) is 53.5 Å². The van der Waals surface area contributed by atoms with E-state index in [1.165, 1.54) is 25.7 Å². The molecule has 2 rings (SSSR count). The molecule has 0 amide bonds. The van der Waals surface area contributed by atoms with Crippen molar-refractivity contribution in [2.75, 3.05) is 19.0 Å². The number of aromatic nitrogens is 2. The third-order valence-corrected chi connectivity index (χ3v) is 4.14. The smallest absolute Gasteiger partial charge is 0.228 e. The van der Waals surface area contributed by atoms with Crippen LogP contribution in [-0.2, 0) is 0 Å². The molecule has 0 radical (unpaired) electrons. The molecule has 5 heteroatoms. The van der Waals surface area contributed by atoms with Crippen molar-refractivity contribution in [3.05, 3.63) is 11.8 Å². The lowest BCUT2D eigenvalue weighted by atomic mass is 9.90. The minimum atomic E-state index is 0.128. The average molecular weight is 292 g/mol. The van der Waals surface area contributed by atoms with Crippen molar-refractivity contribution in [3.63, 3.8) is 0 Å². The van der Waals surface area contributed by atoms with E-state index in [2.05, 4.69) is 27.2 Å². The molecule has 21 heavy (non-hydrogen) atoms. The zero-order chi connectivity index (χ0) is 15.4. The summed E-state index contributed by atoms with van der Waals surface area (Å²) in [6.45, 7) is 6.02. The molecule has 0 saturated heterocycles. The summed E-state index contributed by atoms with van der Waals surface area (Å²) in [4.78, 5) is 11.4. The summed E-state index contributed by atoms with van der Waals surface area (Å²) in [5, 5.41) is 3.37. The maximum absolute atomic E-state index is 5.72. The van der Waals surface area contributed by atoms with Crippen LogP contribution in [0.25, 0.3) is 0 Å². The molecule has 0 bridgehead atoms. The monoisotopic (exact) mass is 292 g/mol. The fourth-order valence-electron chi connectivity index (χ4n) is 2.90. The lowest BCUT2D eigenvalue weighted by Gasteiger charge is -2.34. The van der Waals surface area contributed by atoms with Gasteiger partial charge < -0.3 is 15.0 Å². The molecular formula is C16H28N4O. The molecule has 0 spiro atoms. The van der Waals surface area contributed by atoms with E-state index in [1.54, 1.807) is 0 Å². The molecular weight excluding hydrogens is 264 g/mol.